The number of alkyl halides is 5. The second-order valence-electron chi connectivity index (χ2n) is 3.42. The topological polar surface area (TPSA) is 48.4 Å². The summed E-state index contributed by atoms with van der Waals surface area (Å²) in [4.78, 5) is 13.6. The van der Waals surface area contributed by atoms with Crippen molar-refractivity contribution in [2.45, 2.75) is 19.2 Å². The van der Waals surface area contributed by atoms with Crippen molar-refractivity contribution in [3.8, 4) is 5.88 Å². The summed E-state index contributed by atoms with van der Waals surface area (Å²) in [6, 6.07) is 0.418. The number of esters is 1. The molecule has 0 spiro atoms. The van der Waals surface area contributed by atoms with Crippen LogP contribution < -0.4 is 4.74 Å². The maximum atomic E-state index is 13.0. The molecule has 1 rings (SSSR count). The lowest BCUT2D eigenvalue weighted by atomic mass is 10.1. The smallest absolute Gasteiger partial charge is 0.469 e. The number of aromatic nitrogens is 1. The van der Waals surface area contributed by atoms with Gasteiger partial charge in [0, 0.05) is 0 Å². The van der Waals surface area contributed by atoms with Crippen LogP contribution in [0.3, 0.4) is 0 Å². The molecular formula is C10H7F6NO3. The second kappa shape index (κ2) is 5.97. The van der Waals surface area contributed by atoms with Gasteiger partial charge in [-0.1, -0.05) is 0 Å². The first kappa shape index (κ1) is 16.1. The van der Waals surface area contributed by atoms with Crippen LogP contribution in [0, 0.1) is 5.95 Å². The van der Waals surface area contributed by atoms with Crippen LogP contribution in [0.4, 0.5) is 26.3 Å². The van der Waals surface area contributed by atoms with E-state index in [4.69, 9.17) is 0 Å². The summed E-state index contributed by atoms with van der Waals surface area (Å²) in [5.41, 5.74) is -2.01. The lowest BCUT2D eigenvalue weighted by Gasteiger charge is -2.14. The molecule has 0 aliphatic carbocycles. The first-order chi connectivity index (χ1) is 9.14. The number of methoxy groups -OCH3 is 1. The summed E-state index contributed by atoms with van der Waals surface area (Å²) in [6.07, 6.45) is -9.61. The van der Waals surface area contributed by atoms with Crippen molar-refractivity contribution in [1.82, 2.24) is 4.98 Å². The van der Waals surface area contributed by atoms with Gasteiger partial charge in [0.15, 0.2) is 0 Å². The zero-order chi connectivity index (χ0) is 15.5. The van der Waals surface area contributed by atoms with Crippen LogP contribution in [-0.2, 0) is 16.0 Å². The van der Waals surface area contributed by atoms with Gasteiger partial charge < -0.3 is 9.47 Å². The minimum atomic E-state index is -5.33. The lowest BCUT2D eigenvalue weighted by molar-refractivity contribution is -0.276. The number of nitrogens with zero attached hydrogens (tertiary/aromatic N) is 1. The molecule has 0 amide bonds. The fourth-order valence-electron chi connectivity index (χ4n) is 1.34. The van der Waals surface area contributed by atoms with Crippen LogP contribution in [0.2, 0.25) is 0 Å². The molecule has 0 unspecified atom stereocenters. The summed E-state index contributed by atoms with van der Waals surface area (Å²) in [5, 5.41) is 0. The maximum absolute atomic E-state index is 13.0. The molecule has 0 atom stereocenters. The van der Waals surface area contributed by atoms with Crippen molar-refractivity contribution in [3.05, 3.63) is 23.1 Å². The third-order valence-corrected chi connectivity index (χ3v) is 2.07. The molecule has 4 nitrogen and oxygen atoms in total. The molecule has 112 valence electrons. The van der Waals surface area contributed by atoms with E-state index in [0.717, 1.165) is 7.11 Å². The molecular weight excluding hydrogens is 296 g/mol. The molecule has 20 heavy (non-hydrogen) atoms. The number of hydrogen-bond acceptors (Lipinski definition) is 4. The third-order valence-electron chi connectivity index (χ3n) is 2.07. The van der Waals surface area contributed by atoms with Gasteiger partial charge in [-0.2, -0.15) is 9.37 Å². The van der Waals surface area contributed by atoms with E-state index in [0.29, 0.717) is 6.07 Å². The SMILES string of the molecule is COC(=O)Cc1cc(F)nc(OC(F)(F)F)c1C(F)F. The zero-order valence-electron chi connectivity index (χ0n) is 9.80. The highest BCUT2D eigenvalue weighted by Crippen LogP contribution is 2.34. The number of ether oxygens (including phenoxy) is 2. The fourth-order valence-corrected chi connectivity index (χ4v) is 1.34. The Balaban J connectivity index is 3.32. The normalized spacial score (nSPS) is 11.6. The Morgan fingerprint density at radius 1 is 1.40 bits per heavy atom. The van der Waals surface area contributed by atoms with E-state index in [2.05, 4.69) is 14.5 Å². The lowest BCUT2D eigenvalue weighted by Crippen LogP contribution is -2.20. The van der Waals surface area contributed by atoms with Gasteiger partial charge in [-0.3, -0.25) is 4.79 Å². The number of halogens is 6. The Bertz CT molecular complexity index is 503. The van der Waals surface area contributed by atoms with Crippen LogP contribution >= 0.6 is 0 Å². The summed E-state index contributed by atoms with van der Waals surface area (Å²) < 4.78 is 82.2. The van der Waals surface area contributed by atoms with Gasteiger partial charge in [0.25, 0.3) is 6.43 Å². The number of hydrogen-bond donors (Lipinski definition) is 0. The fraction of sp³-hybridized carbons (Fsp3) is 0.400. The molecule has 0 fully saturated rings. The van der Waals surface area contributed by atoms with Gasteiger partial charge in [0.05, 0.1) is 19.1 Å². The molecule has 0 radical (unpaired) electrons. The number of carbonyl (C=O) groups is 1. The number of pyridine rings is 1. The predicted molar refractivity (Wildman–Crippen MR) is 51.6 cm³/mol. The maximum Gasteiger partial charge on any atom is 0.574 e. The van der Waals surface area contributed by atoms with Crippen LogP contribution in [-0.4, -0.2) is 24.4 Å². The highest BCUT2D eigenvalue weighted by Gasteiger charge is 2.35. The van der Waals surface area contributed by atoms with Crippen molar-refractivity contribution in [1.29, 1.82) is 0 Å². The van der Waals surface area contributed by atoms with E-state index in [1.54, 1.807) is 0 Å². The number of carbonyl (C=O) groups excluding carboxylic acids is 1. The molecule has 0 aliphatic heterocycles. The zero-order valence-corrected chi connectivity index (χ0v) is 9.80. The first-order valence-electron chi connectivity index (χ1n) is 4.94. The van der Waals surface area contributed by atoms with Crippen LogP contribution in [0.25, 0.3) is 0 Å². The van der Waals surface area contributed by atoms with Gasteiger partial charge in [0.2, 0.25) is 11.8 Å². The first-order valence-corrected chi connectivity index (χ1v) is 4.94. The summed E-state index contributed by atoms with van der Waals surface area (Å²) in [6.45, 7) is 0. The Morgan fingerprint density at radius 2 is 2.00 bits per heavy atom. The number of rotatable bonds is 4. The average molecular weight is 303 g/mol. The van der Waals surface area contributed by atoms with E-state index >= 15 is 0 Å². The molecule has 0 aromatic carbocycles. The molecule has 1 aromatic rings. The molecule has 0 bridgehead atoms. The van der Waals surface area contributed by atoms with Crippen molar-refractivity contribution < 1.29 is 40.6 Å². The Hall–Kier alpha value is -2.00. The van der Waals surface area contributed by atoms with E-state index in [1.165, 1.54) is 0 Å². The summed E-state index contributed by atoms with van der Waals surface area (Å²) in [7, 11) is 0.940. The van der Waals surface area contributed by atoms with Gasteiger partial charge in [0.1, 0.15) is 0 Å². The van der Waals surface area contributed by atoms with E-state index in [-0.39, 0.29) is 0 Å². The van der Waals surface area contributed by atoms with Crippen LogP contribution in [0.15, 0.2) is 6.07 Å². The molecule has 1 heterocycles. The molecule has 0 N–H and O–H groups in total. The Kier molecular flexibility index (Phi) is 4.79. The van der Waals surface area contributed by atoms with Crippen molar-refractivity contribution >= 4 is 5.97 Å². The monoisotopic (exact) mass is 303 g/mol. The van der Waals surface area contributed by atoms with Crippen molar-refractivity contribution in [3.63, 3.8) is 0 Å². The highest BCUT2D eigenvalue weighted by molar-refractivity contribution is 5.73. The van der Waals surface area contributed by atoms with E-state index in [9.17, 15) is 31.1 Å². The molecule has 0 saturated heterocycles. The van der Waals surface area contributed by atoms with Crippen molar-refractivity contribution in [2.75, 3.05) is 7.11 Å². The standard InChI is InChI=1S/C10H7F6NO3/c1-19-6(18)3-4-2-5(11)17-9(7(4)8(12)13)20-10(14,15)16/h2,8H,3H2,1H3. The Labute approximate surface area is 108 Å². The molecule has 0 aliphatic rings. The van der Waals surface area contributed by atoms with Gasteiger partial charge >= 0.3 is 12.3 Å². The molecule has 0 saturated carbocycles. The van der Waals surface area contributed by atoms with Crippen LogP contribution in [0.5, 0.6) is 5.88 Å². The summed E-state index contributed by atoms with van der Waals surface area (Å²) >= 11 is 0. The highest BCUT2D eigenvalue weighted by atomic mass is 19.4. The second-order valence-corrected chi connectivity index (χ2v) is 3.42. The van der Waals surface area contributed by atoms with E-state index in [1.807, 2.05) is 0 Å². The van der Waals surface area contributed by atoms with Gasteiger partial charge in [-0.05, 0) is 11.6 Å². The van der Waals surface area contributed by atoms with Gasteiger partial charge in [-0.25, -0.2) is 8.78 Å². The largest absolute Gasteiger partial charge is 0.574 e. The third kappa shape index (κ3) is 4.28. The summed E-state index contributed by atoms with van der Waals surface area (Å²) in [5.74, 6) is -4.16. The quantitative estimate of drug-likeness (QED) is 0.487. The average Bonchev–Trinajstić information content (AvgIpc) is 2.24. The molecule has 1 aromatic heterocycles. The van der Waals surface area contributed by atoms with E-state index < -0.39 is 48.1 Å². The minimum Gasteiger partial charge on any atom is -0.469 e. The van der Waals surface area contributed by atoms with Crippen molar-refractivity contribution in [2.24, 2.45) is 0 Å². The molecule has 10 heteroatoms. The Morgan fingerprint density at radius 3 is 2.45 bits per heavy atom. The van der Waals surface area contributed by atoms with Gasteiger partial charge in [-0.15, -0.1) is 13.2 Å². The van der Waals surface area contributed by atoms with Crippen LogP contribution in [0.1, 0.15) is 17.6 Å². The minimum absolute atomic E-state index is 0.418. The predicted octanol–water partition coefficient (Wildman–Crippen LogP) is 2.77.